The van der Waals surface area contributed by atoms with Crippen LogP contribution in [-0.2, 0) is 4.79 Å². The average molecular weight is 317 g/mol. The van der Waals surface area contributed by atoms with Crippen LogP contribution in [0.1, 0.15) is 10.4 Å². The predicted octanol–water partition coefficient (Wildman–Crippen LogP) is 1.75. The lowest BCUT2D eigenvalue weighted by Gasteiger charge is -2.19. The van der Waals surface area contributed by atoms with E-state index in [1.165, 1.54) is 35.0 Å². The van der Waals surface area contributed by atoms with Crippen LogP contribution in [0.5, 0.6) is 0 Å². The number of amides is 2. The first-order valence-electron chi connectivity index (χ1n) is 5.23. The third-order valence-electron chi connectivity index (χ3n) is 2.38. The standard InChI is InChI=1S/C12H14BrFN2O2/c1-15(2)11(17)7-16(3)12(18)9-5-4-8(14)6-10(9)13/h4-6H,7H2,1-3H3. The van der Waals surface area contributed by atoms with Crippen molar-refractivity contribution in [3.63, 3.8) is 0 Å². The molecule has 0 aliphatic heterocycles. The molecule has 1 rings (SSSR count). The van der Waals surface area contributed by atoms with Crippen molar-refractivity contribution in [2.45, 2.75) is 0 Å². The maximum atomic E-state index is 12.9. The molecule has 1 aromatic rings. The molecule has 18 heavy (non-hydrogen) atoms. The molecule has 0 aliphatic carbocycles. The van der Waals surface area contributed by atoms with Crippen molar-refractivity contribution in [3.05, 3.63) is 34.1 Å². The molecule has 0 spiro atoms. The molecule has 6 heteroatoms. The molecule has 0 aliphatic rings. The van der Waals surface area contributed by atoms with Gasteiger partial charge in [-0.1, -0.05) is 0 Å². The first-order valence-corrected chi connectivity index (χ1v) is 6.03. The van der Waals surface area contributed by atoms with Crippen LogP contribution in [0.4, 0.5) is 4.39 Å². The van der Waals surface area contributed by atoms with Crippen molar-refractivity contribution in [1.82, 2.24) is 9.80 Å². The van der Waals surface area contributed by atoms with Crippen LogP contribution in [0.15, 0.2) is 22.7 Å². The molecule has 4 nitrogen and oxygen atoms in total. The normalized spacial score (nSPS) is 10.1. The maximum absolute atomic E-state index is 12.9. The van der Waals surface area contributed by atoms with Crippen molar-refractivity contribution in [2.75, 3.05) is 27.7 Å². The third kappa shape index (κ3) is 3.53. The summed E-state index contributed by atoms with van der Waals surface area (Å²) in [7, 11) is 4.77. The molecule has 0 atom stereocenters. The minimum absolute atomic E-state index is 0.0182. The van der Waals surface area contributed by atoms with Crippen LogP contribution in [0.3, 0.4) is 0 Å². The van der Waals surface area contributed by atoms with Crippen molar-refractivity contribution in [2.24, 2.45) is 0 Å². The molecule has 0 saturated heterocycles. The summed E-state index contributed by atoms with van der Waals surface area (Å²) in [5.41, 5.74) is 0.324. The van der Waals surface area contributed by atoms with Gasteiger partial charge < -0.3 is 9.80 Å². The summed E-state index contributed by atoms with van der Waals surface area (Å²) in [6.45, 7) is -0.0182. The van der Waals surface area contributed by atoms with Gasteiger partial charge in [0.1, 0.15) is 5.82 Å². The molecular weight excluding hydrogens is 303 g/mol. The monoisotopic (exact) mass is 316 g/mol. The fraction of sp³-hybridized carbons (Fsp3) is 0.333. The second-order valence-corrected chi connectivity index (χ2v) is 4.93. The lowest BCUT2D eigenvalue weighted by atomic mass is 10.2. The predicted molar refractivity (Wildman–Crippen MR) is 69.8 cm³/mol. The van der Waals surface area contributed by atoms with Crippen LogP contribution in [0.2, 0.25) is 0 Å². The molecule has 98 valence electrons. The first kappa shape index (κ1) is 14.6. The lowest BCUT2D eigenvalue weighted by molar-refractivity contribution is -0.129. The fourth-order valence-corrected chi connectivity index (χ4v) is 1.81. The van der Waals surface area contributed by atoms with Crippen LogP contribution in [-0.4, -0.2) is 49.3 Å². The maximum Gasteiger partial charge on any atom is 0.255 e. The number of carbonyl (C=O) groups excluding carboxylic acids is 2. The number of nitrogens with zero attached hydrogens (tertiary/aromatic N) is 2. The number of carbonyl (C=O) groups is 2. The van der Waals surface area contributed by atoms with Gasteiger partial charge >= 0.3 is 0 Å². The van der Waals surface area contributed by atoms with E-state index in [1.807, 2.05) is 0 Å². The Bertz CT molecular complexity index is 477. The van der Waals surface area contributed by atoms with Crippen molar-refractivity contribution in [3.8, 4) is 0 Å². The Labute approximate surface area is 113 Å². The van der Waals surface area contributed by atoms with Crippen LogP contribution >= 0.6 is 15.9 Å². The van der Waals surface area contributed by atoms with Gasteiger partial charge in [0.25, 0.3) is 5.91 Å². The summed E-state index contributed by atoms with van der Waals surface area (Å²) in [6, 6.07) is 3.81. The molecule has 1 aromatic carbocycles. The zero-order chi connectivity index (χ0) is 13.9. The van der Waals surface area contributed by atoms with E-state index in [-0.39, 0.29) is 18.4 Å². The Kier molecular flexibility index (Phi) is 4.84. The molecule has 0 fully saturated rings. The van der Waals surface area contributed by atoms with Gasteiger partial charge in [-0.15, -0.1) is 0 Å². The summed E-state index contributed by atoms with van der Waals surface area (Å²) >= 11 is 3.13. The summed E-state index contributed by atoms with van der Waals surface area (Å²) in [6.07, 6.45) is 0. The van der Waals surface area contributed by atoms with E-state index in [0.717, 1.165) is 0 Å². The number of hydrogen-bond donors (Lipinski definition) is 0. The van der Waals surface area contributed by atoms with Crippen molar-refractivity contribution in [1.29, 1.82) is 0 Å². The van der Waals surface area contributed by atoms with E-state index < -0.39 is 5.82 Å². The quantitative estimate of drug-likeness (QED) is 0.852. The average Bonchev–Trinajstić information content (AvgIpc) is 2.27. The Hall–Kier alpha value is -1.43. The topological polar surface area (TPSA) is 40.6 Å². The smallest absolute Gasteiger partial charge is 0.255 e. The Morgan fingerprint density at radius 3 is 2.39 bits per heavy atom. The first-order chi connectivity index (χ1) is 8.32. The Morgan fingerprint density at radius 2 is 1.89 bits per heavy atom. The number of hydrogen-bond acceptors (Lipinski definition) is 2. The van der Waals surface area contributed by atoms with E-state index in [2.05, 4.69) is 15.9 Å². The fourth-order valence-electron chi connectivity index (χ4n) is 1.28. The Balaban J connectivity index is 2.84. The lowest BCUT2D eigenvalue weighted by Crippen LogP contribution is -2.37. The molecule has 0 radical (unpaired) electrons. The molecular formula is C12H14BrFN2O2. The minimum Gasteiger partial charge on any atom is -0.347 e. The van der Waals surface area contributed by atoms with E-state index in [1.54, 1.807) is 14.1 Å². The van der Waals surface area contributed by atoms with E-state index in [4.69, 9.17) is 0 Å². The van der Waals surface area contributed by atoms with E-state index in [0.29, 0.717) is 10.0 Å². The highest BCUT2D eigenvalue weighted by Gasteiger charge is 2.18. The largest absolute Gasteiger partial charge is 0.347 e. The van der Waals surface area contributed by atoms with E-state index >= 15 is 0 Å². The van der Waals surface area contributed by atoms with E-state index in [9.17, 15) is 14.0 Å². The number of halogens is 2. The molecule has 0 bridgehead atoms. The highest BCUT2D eigenvalue weighted by Crippen LogP contribution is 2.19. The van der Waals surface area contributed by atoms with Gasteiger partial charge in [0, 0.05) is 25.6 Å². The summed E-state index contributed by atoms with van der Waals surface area (Å²) in [5.74, 6) is -0.938. The number of benzene rings is 1. The molecule has 0 unspecified atom stereocenters. The van der Waals surface area contributed by atoms with Gasteiger partial charge in [0.15, 0.2) is 0 Å². The highest BCUT2D eigenvalue weighted by atomic mass is 79.9. The van der Waals surface area contributed by atoms with Gasteiger partial charge in [0.2, 0.25) is 5.91 Å². The van der Waals surface area contributed by atoms with Gasteiger partial charge in [-0.3, -0.25) is 9.59 Å². The zero-order valence-corrected chi connectivity index (χ0v) is 12.0. The van der Waals surface area contributed by atoms with Crippen LogP contribution in [0, 0.1) is 5.82 Å². The Morgan fingerprint density at radius 1 is 1.28 bits per heavy atom. The summed E-state index contributed by atoms with van der Waals surface area (Å²) in [5, 5.41) is 0. The second kappa shape index (κ2) is 5.95. The molecule has 0 heterocycles. The van der Waals surface area contributed by atoms with Gasteiger partial charge in [-0.05, 0) is 34.1 Å². The van der Waals surface area contributed by atoms with Gasteiger partial charge in [-0.2, -0.15) is 0 Å². The second-order valence-electron chi connectivity index (χ2n) is 4.07. The van der Waals surface area contributed by atoms with Gasteiger partial charge in [0.05, 0.1) is 12.1 Å². The summed E-state index contributed by atoms with van der Waals surface area (Å²) < 4.78 is 13.3. The van der Waals surface area contributed by atoms with Crippen LogP contribution < -0.4 is 0 Å². The highest BCUT2D eigenvalue weighted by molar-refractivity contribution is 9.10. The van der Waals surface area contributed by atoms with Crippen molar-refractivity contribution >= 4 is 27.7 Å². The zero-order valence-electron chi connectivity index (χ0n) is 10.4. The minimum atomic E-state index is -0.426. The molecule has 0 N–H and O–H groups in total. The number of likely N-dealkylation sites (N-methyl/N-ethyl adjacent to an activating group) is 2. The number of rotatable bonds is 3. The SMILES string of the molecule is CN(C)C(=O)CN(C)C(=O)c1ccc(F)cc1Br. The van der Waals surface area contributed by atoms with Crippen molar-refractivity contribution < 1.29 is 14.0 Å². The van der Waals surface area contributed by atoms with Crippen LogP contribution in [0.25, 0.3) is 0 Å². The third-order valence-corrected chi connectivity index (χ3v) is 3.04. The summed E-state index contributed by atoms with van der Waals surface area (Å²) in [4.78, 5) is 26.2. The molecule has 0 aromatic heterocycles. The molecule has 2 amide bonds. The van der Waals surface area contributed by atoms with Gasteiger partial charge in [-0.25, -0.2) is 4.39 Å². The molecule has 0 saturated carbocycles.